The Morgan fingerprint density at radius 1 is 0.971 bits per heavy atom. The lowest BCUT2D eigenvalue weighted by molar-refractivity contribution is -0.137. The Morgan fingerprint density at radius 3 is 2.21 bits per heavy atom. The van der Waals surface area contributed by atoms with Gasteiger partial charge in [-0.1, -0.05) is 36.4 Å². The maximum absolute atomic E-state index is 13.4. The van der Waals surface area contributed by atoms with Crippen LogP contribution in [0.25, 0.3) is 5.69 Å². The van der Waals surface area contributed by atoms with Crippen LogP contribution < -0.4 is 10.9 Å². The molecule has 6 nitrogen and oxygen atoms in total. The second-order valence-electron chi connectivity index (χ2n) is 8.05. The van der Waals surface area contributed by atoms with E-state index in [-0.39, 0.29) is 22.5 Å². The summed E-state index contributed by atoms with van der Waals surface area (Å²) in [4.78, 5) is 40.5. The monoisotopic (exact) mass is 471 g/mol. The van der Waals surface area contributed by atoms with E-state index in [1.54, 1.807) is 19.1 Å². The normalized spacial score (nSPS) is 12.2. The smallest absolute Gasteiger partial charge is 0.345 e. The molecule has 0 radical (unpaired) electrons. The molecule has 178 valence electrons. The molecule has 34 heavy (non-hydrogen) atoms. The van der Waals surface area contributed by atoms with Crippen molar-refractivity contribution in [3.05, 3.63) is 99.0 Å². The molecule has 0 aliphatic rings. The first-order valence-corrected chi connectivity index (χ1v) is 10.4. The molecule has 0 bridgehead atoms. The fraction of sp³-hybridized carbons (Fsp3) is 0.240. The van der Waals surface area contributed by atoms with E-state index < -0.39 is 35.2 Å². The zero-order valence-electron chi connectivity index (χ0n) is 19.1. The Labute approximate surface area is 194 Å². The summed E-state index contributed by atoms with van der Waals surface area (Å²) in [6, 6.07) is 14.0. The summed E-state index contributed by atoms with van der Waals surface area (Å²) in [5.74, 6) is -1.24. The first-order valence-electron chi connectivity index (χ1n) is 10.4. The Kier molecular flexibility index (Phi) is 6.95. The minimum absolute atomic E-state index is 0.0273. The van der Waals surface area contributed by atoms with E-state index in [1.807, 2.05) is 18.2 Å². The van der Waals surface area contributed by atoms with Crippen molar-refractivity contribution in [1.29, 1.82) is 0 Å². The third-order valence-corrected chi connectivity index (χ3v) is 5.41. The summed E-state index contributed by atoms with van der Waals surface area (Å²) in [6.07, 6.45) is -4.63. The summed E-state index contributed by atoms with van der Waals surface area (Å²) < 4.78 is 40.9. The molecule has 0 saturated heterocycles. The molecular weight excluding hydrogens is 447 g/mol. The molecular formula is C25H24F3N3O3. The fourth-order valence-electron chi connectivity index (χ4n) is 3.56. The number of carbonyl (C=O) groups excluding carboxylic acids is 2. The summed E-state index contributed by atoms with van der Waals surface area (Å²) in [5, 5.41) is 2.73. The van der Waals surface area contributed by atoms with Gasteiger partial charge < -0.3 is 10.2 Å². The van der Waals surface area contributed by atoms with Crippen molar-refractivity contribution < 1.29 is 22.8 Å². The molecule has 1 heterocycles. The van der Waals surface area contributed by atoms with E-state index in [4.69, 9.17) is 0 Å². The van der Waals surface area contributed by atoms with Crippen LogP contribution in [-0.2, 0) is 6.18 Å². The van der Waals surface area contributed by atoms with Crippen molar-refractivity contribution in [3.63, 3.8) is 0 Å². The summed E-state index contributed by atoms with van der Waals surface area (Å²) in [7, 11) is 3.00. The number of hydrogen-bond acceptors (Lipinski definition) is 3. The van der Waals surface area contributed by atoms with Crippen LogP contribution in [0.15, 0.2) is 65.5 Å². The fourth-order valence-corrected chi connectivity index (χ4v) is 3.56. The molecule has 0 aliphatic carbocycles. The zero-order chi connectivity index (χ0) is 25.2. The molecule has 9 heteroatoms. The SMILES string of the molecule is Cc1c(C(=O)N(C)C)cc(C(=O)NC(C)c2ccccc2)c(=O)n1-c1cccc(C(F)(F)F)c1. The first-order chi connectivity index (χ1) is 15.9. The van der Waals surface area contributed by atoms with Gasteiger partial charge in [0.1, 0.15) is 5.56 Å². The second kappa shape index (κ2) is 9.54. The third-order valence-electron chi connectivity index (χ3n) is 5.41. The van der Waals surface area contributed by atoms with Crippen molar-refractivity contribution in [1.82, 2.24) is 14.8 Å². The average Bonchev–Trinajstić information content (AvgIpc) is 2.79. The molecule has 3 aromatic rings. The highest BCUT2D eigenvalue weighted by Crippen LogP contribution is 2.30. The van der Waals surface area contributed by atoms with E-state index in [0.717, 1.165) is 22.3 Å². The predicted octanol–water partition coefficient (Wildman–Crippen LogP) is 4.36. The number of halogens is 3. The van der Waals surface area contributed by atoms with Gasteiger partial charge in [0.2, 0.25) is 0 Å². The van der Waals surface area contributed by atoms with E-state index in [9.17, 15) is 27.6 Å². The molecule has 0 aliphatic heterocycles. The molecule has 2 amide bonds. The van der Waals surface area contributed by atoms with E-state index >= 15 is 0 Å². The quantitative estimate of drug-likeness (QED) is 0.601. The highest BCUT2D eigenvalue weighted by atomic mass is 19.4. The maximum Gasteiger partial charge on any atom is 0.416 e. The summed E-state index contributed by atoms with van der Waals surface area (Å²) >= 11 is 0. The predicted molar refractivity (Wildman–Crippen MR) is 122 cm³/mol. The number of pyridine rings is 1. The Morgan fingerprint density at radius 2 is 1.62 bits per heavy atom. The van der Waals surface area contributed by atoms with Crippen molar-refractivity contribution in [2.24, 2.45) is 0 Å². The van der Waals surface area contributed by atoms with E-state index in [2.05, 4.69) is 5.32 Å². The van der Waals surface area contributed by atoms with Crippen molar-refractivity contribution in [3.8, 4) is 5.69 Å². The minimum atomic E-state index is -4.63. The lowest BCUT2D eigenvalue weighted by Gasteiger charge is -2.20. The van der Waals surface area contributed by atoms with E-state index in [0.29, 0.717) is 0 Å². The first kappa shape index (κ1) is 24.8. The molecule has 2 aromatic carbocycles. The molecule has 0 spiro atoms. The number of nitrogens with zero attached hydrogens (tertiary/aromatic N) is 2. The van der Waals surface area contributed by atoms with Crippen LogP contribution in [0.4, 0.5) is 13.2 Å². The van der Waals surface area contributed by atoms with Gasteiger partial charge in [-0.05, 0) is 43.7 Å². The lowest BCUT2D eigenvalue weighted by Crippen LogP contribution is -2.36. The van der Waals surface area contributed by atoms with Crippen LogP contribution in [0.5, 0.6) is 0 Å². The van der Waals surface area contributed by atoms with Crippen LogP contribution in [0.2, 0.25) is 0 Å². The number of benzene rings is 2. The van der Waals surface area contributed by atoms with Gasteiger partial charge in [-0.15, -0.1) is 0 Å². The molecule has 1 atom stereocenters. The van der Waals surface area contributed by atoms with Crippen LogP contribution in [0, 0.1) is 6.92 Å². The standard InChI is InChI=1S/C25H24F3N3O3/c1-15(17-9-6-5-7-10-17)29-22(32)21-14-20(23(33)30(3)4)16(2)31(24(21)34)19-12-8-11-18(13-19)25(26,27)28/h5-15H,1-4H3,(H,29,32). The van der Waals surface area contributed by atoms with Crippen LogP contribution in [0.3, 0.4) is 0 Å². The highest BCUT2D eigenvalue weighted by molar-refractivity contribution is 6.00. The van der Waals surface area contributed by atoms with E-state index in [1.165, 1.54) is 44.1 Å². The van der Waals surface area contributed by atoms with Crippen molar-refractivity contribution in [2.45, 2.75) is 26.1 Å². The van der Waals surface area contributed by atoms with Gasteiger partial charge in [0, 0.05) is 25.5 Å². The van der Waals surface area contributed by atoms with Crippen LogP contribution >= 0.6 is 0 Å². The topological polar surface area (TPSA) is 71.4 Å². The second-order valence-corrected chi connectivity index (χ2v) is 8.05. The van der Waals surface area contributed by atoms with Crippen LogP contribution in [-0.4, -0.2) is 35.4 Å². The Bertz CT molecular complexity index is 1280. The van der Waals surface area contributed by atoms with Gasteiger partial charge in [0.05, 0.1) is 17.2 Å². The van der Waals surface area contributed by atoms with Gasteiger partial charge in [-0.3, -0.25) is 19.0 Å². The number of carbonyl (C=O) groups is 2. The molecule has 1 aromatic heterocycles. The van der Waals surface area contributed by atoms with Gasteiger partial charge in [0.25, 0.3) is 17.4 Å². The maximum atomic E-state index is 13.4. The van der Waals surface area contributed by atoms with Gasteiger partial charge in [0.15, 0.2) is 0 Å². The van der Waals surface area contributed by atoms with Crippen molar-refractivity contribution >= 4 is 11.8 Å². The summed E-state index contributed by atoms with van der Waals surface area (Å²) in [5.41, 5.74) is -1.29. The van der Waals surface area contributed by atoms with Gasteiger partial charge >= 0.3 is 6.18 Å². The average molecular weight is 471 g/mol. The zero-order valence-corrected chi connectivity index (χ0v) is 19.1. The largest absolute Gasteiger partial charge is 0.416 e. The number of hydrogen-bond donors (Lipinski definition) is 1. The minimum Gasteiger partial charge on any atom is -0.345 e. The lowest BCUT2D eigenvalue weighted by atomic mass is 10.1. The number of aromatic nitrogens is 1. The van der Waals surface area contributed by atoms with Gasteiger partial charge in [-0.25, -0.2) is 0 Å². The molecule has 0 saturated carbocycles. The number of alkyl halides is 3. The molecule has 3 rings (SSSR count). The number of amides is 2. The number of rotatable bonds is 5. The highest BCUT2D eigenvalue weighted by Gasteiger charge is 2.31. The number of nitrogens with one attached hydrogen (secondary N) is 1. The van der Waals surface area contributed by atoms with Gasteiger partial charge in [-0.2, -0.15) is 13.2 Å². The molecule has 1 unspecified atom stereocenters. The van der Waals surface area contributed by atoms with Crippen molar-refractivity contribution in [2.75, 3.05) is 14.1 Å². The molecule has 1 N–H and O–H groups in total. The van der Waals surface area contributed by atoms with Crippen LogP contribution in [0.1, 0.15) is 50.5 Å². The summed E-state index contributed by atoms with van der Waals surface area (Å²) in [6.45, 7) is 3.19. The third kappa shape index (κ3) is 5.03. The Hall–Kier alpha value is -3.88. The Balaban J connectivity index is 2.18. The molecule has 0 fully saturated rings.